The topological polar surface area (TPSA) is 75.7 Å². The predicted octanol–water partition coefficient (Wildman–Crippen LogP) is 3.65. The van der Waals surface area contributed by atoms with Gasteiger partial charge in [-0.25, -0.2) is 0 Å². The number of carbonyl (C=O) groups is 3. The molecular weight excluding hydrogens is 368 g/mol. The standard InChI is InChI=1S/C23H26N2O4/c1-23(2,3)17-6-10-19(11-7-17)29-15-20(26)24-18-8-4-16(5-9-18)14-25-21(27)12-13-22(25)28/h4-11H,12-15H2,1-3H3,(H,24,26). The van der Waals surface area contributed by atoms with Crippen molar-refractivity contribution in [3.63, 3.8) is 0 Å². The maximum atomic E-state index is 12.1. The first-order valence-electron chi connectivity index (χ1n) is 9.68. The Morgan fingerprint density at radius 2 is 1.55 bits per heavy atom. The third-order valence-electron chi connectivity index (χ3n) is 4.82. The Balaban J connectivity index is 1.49. The van der Waals surface area contributed by atoms with Gasteiger partial charge in [-0.3, -0.25) is 19.3 Å². The number of nitrogens with zero attached hydrogens (tertiary/aromatic N) is 1. The first-order chi connectivity index (χ1) is 13.7. The monoisotopic (exact) mass is 394 g/mol. The van der Waals surface area contributed by atoms with Crippen molar-refractivity contribution in [1.29, 1.82) is 0 Å². The van der Waals surface area contributed by atoms with Crippen LogP contribution >= 0.6 is 0 Å². The first-order valence-corrected chi connectivity index (χ1v) is 9.68. The summed E-state index contributed by atoms with van der Waals surface area (Å²) in [5.74, 6) is 0.103. The number of amides is 3. The molecule has 0 spiro atoms. The Morgan fingerprint density at radius 3 is 2.10 bits per heavy atom. The van der Waals surface area contributed by atoms with E-state index in [1.54, 1.807) is 24.3 Å². The van der Waals surface area contributed by atoms with Gasteiger partial charge in [0.05, 0.1) is 6.54 Å². The number of imide groups is 1. The molecule has 0 aromatic heterocycles. The van der Waals surface area contributed by atoms with E-state index in [4.69, 9.17) is 4.74 Å². The van der Waals surface area contributed by atoms with Crippen LogP contribution in [-0.4, -0.2) is 29.2 Å². The Morgan fingerprint density at radius 1 is 0.966 bits per heavy atom. The molecule has 1 saturated heterocycles. The third-order valence-corrected chi connectivity index (χ3v) is 4.82. The highest BCUT2D eigenvalue weighted by atomic mass is 16.5. The van der Waals surface area contributed by atoms with E-state index in [1.807, 2.05) is 24.3 Å². The molecule has 0 unspecified atom stereocenters. The van der Waals surface area contributed by atoms with Crippen LogP contribution in [0, 0.1) is 0 Å². The third kappa shape index (κ3) is 5.44. The number of benzene rings is 2. The van der Waals surface area contributed by atoms with E-state index in [2.05, 4.69) is 26.1 Å². The van der Waals surface area contributed by atoms with Crippen molar-refractivity contribution in [2.75, 3.05) is 11.9 Å². The second-order valence-electron chi connectivity index (χ2n) is 8.18. The lowest BCUT2D eigenvalue weighted by Gasteiger charge is -2.19. The first kappa shape index (κ1) is 20.6. The number of ether oxygens (including phenoxy) is 1. The highest BCUT2D eigenvalue weighted by Gasteiger charge is 2.28. The number of anilines is 1. The quantitative estimate of drug-likeness (QED) is 0.759. The second-order valence-corrected chi connectivity index (χ2v) is 8.18. The van der Waals surface area contributed by atoms with Crippen molar-refractivity contribution in [3.05, 3.63) is 59.7 Å². The van der Waals surface area contributed by atoms with Crippen molar-refractivity contribution < 1.29 is 19.1 Å². The minimum absolute atomic E-state index is 0.0669. The zero-order chi connectivity index (χ0) is 21.0. The van der Waals surface area contributed by atoms with Crippen molar-refractivity contribution in [3.8, 4) is 5.75 Å². The average Bonchev–Trinajstić information content (AvgIpc) is 2.99. The van der Waals surface area contributed by atoms with Gasteiger partial charge in [-0.15, -0.1) is 0 Å². The smallest absolute Gasteiger partial charge is 0.262 e. The lowest BCUT2D eigenvalue weighted by Crippen LogP contribution is -2.28. The second kappa shape index (κ2) is 8.47. The largest absolute Gasteiger partial charge is 0.484 e. The van der Waals surface area contributed by atoms with E-state index in [-0.39, 0.29) is 49.1 Å². The highest BCUT2D eigenvalue weighted by molar-refractivity contribution is 6.01. The van der Waals surface area contributed by atoms with Gasteiger partial charge >= 0.3 is 0 Å². The summed E-state index contributed by atoms with van der Waals surface area (Å²) in [6, 6.07) is 14.8. The molecule has 2 aromatic carbocycles. The van der Waals surface area contributed by atoms with Crippen LogP contribution < -0.4 is 10.1 Å². The SMILES string of the molecule is CC(C)(C)c1ccc(OCC(=O)Nc2ccc(CN3C(=O)CCC3=O)cc2)cc1. The van der Waals surface area contributed by atoms with Gasteiger partial charge in [0, 0.05) is 18.5 Å². The summed E-state index contributed by atoms with van der Waals surface area (Å²) in [4.78, 5) is 36.8. The van der Waals surface area contributed by atoms with Gasteiger partial charge < -0.3 is 10.1 Å². The molecule has 0 aliphatic carbocycles. The highest BCUT2D eigenvalue weighted by Crippen LogP contribution is 2.24. The molecule has 0 atom stereocenters. The molecule has 0 saturated carbocycles. The van der Waals surface area contributed by atoms with Crippen LogP contribution in [0.5, 0.6) is 5.75 Å². The summed E-state index contributed by atoms with van der Waals surface area (Å²) in [6.45, 7) is 6.60. The zero-order valence-electron chi connectivity index (χ0n) is 17.0. The molecular formula is C23H26N2O4. The molecule has 1 aliphatic heterocycles. The summed E-state index contributed by atoms with van der Waals surface area (Å²) in [5, 5.41) is 2.77. The minimum atomic E-state index is -0.262. The van der Waals surface area contributed by atoms with Gasteiger partial charge in [0.15, 0.2) is 6.61 Å². The molecule has 0 radical (unpaired) electrons. The van der Waals surface area contributed by atoms with Gasteiger partial charge in [0.1, 0.15) is 5.75 Å². The summed E-state index contributed by atoms with van der Waals surface area (Å²) >= 11 is 0. The number of nitrogens with one attached hydrogen (secondary N) is 1. The summed E-state index contributed by atoms with van der Waals surface area (Å²) < 4.78 is 5.55. The minimum Gasteiger partial charge on any atom is -0.484 e. The number of likely N-dealkylation sites (tertiary alicyclic amines) is 1. The molecule has 29 heavy (non-hydrogen) atoms. The predicted molar refractivity (Wildman–Crippen MR) is 110 cm³/mol. The lowest BCUT2D eigenvalue weighted by molar-refractivity contribution is -0.139. The molecule has 3 amide bonds. The number of carbonyl (C=O) groups excluding carboxylic acids is 3. The van der Waals surface area contributed by atoms with E-state index < -0.39 is 0 Å². The van der Waals surface area contributed by atoms with Gasteiger partial charge in [0.25, 0.3) is 5.91 Å². The Bertz CT molecular complexity index is 880. The molecule has 1 heterocycles. The Labute approximate surface area is 170 Å². The summed E-state index contributed by atoms with van der Waals surface area (Å²) in [6.07, 6.45) is 0.567. The summed E-state index contributed by atoms with van der Waals surface area (Å²) in [7, 11) is 0. The molecule has 1 aliphatic rings. The molecule has 2 aromatic rings. The number of hydrogen-bond acceptors (Lipinski definition) is 4. The molecule has 0 bridgehead atoms. The maximum Gasteiger partial charge on any atom is 0.262 e. The van der Waals surface area contributed by atoms with Gasteiger partial charge in [-0.05, 0) is 40.8 Å². The number of rotatable bonds is 6. The fraction of sp³-hybridized carbons (Fsp3) is 0.348. The van der Waals surface area contributed by atoms with Crippen LogP contribution in [0.15, 0.2) is 48.5 Å². The maximum absolute atomic E-state index is 12.1. The van der Waals surface area contributed by atoms with Gasteiger partial charge in [-0.2, -0.15) is 0 Å². The van der Waals surface area contributed by atoms with Crippen LogP contribution in [0.3, 0.4) is 0 Å². The van der Waals surface area contributed by atoms with Crippen LogP contribution in [0.4, 0.5) is 5.69 Å². The van der Waals surface area contributed by atoms with E-state index in [0.29, 0.717) is 11.4 Å². The van der Waals surface area contributed by atoms with Crippen LogP contribution in [0.25, 0.3) is 0 Å². The number of hydrogen-bond donors (Lipinski definition) is 1. The van der Waals surface area contributed by atoms with E-state index in [9.17, 15) is 14.4 Å². The normalized spacial score (nSPS) is 14.2. The fourth-order valence-electron chi connectivity index (χ4n) is 3.07. The van der Waals surface area contributed by atoms with Gasteiger partial charge in [0.2, 0.25) is 11.8 Å². The molecule has 3 rings (SSSR count). The van der Waals surface area contributed by atoms with E-state index in [1.165, 1.54) is 10.5 Å². The van der Waals surface area contributed by atoms with E-state index >= 15 is 0 Å². The fourth-order valence-corrected chi connectivity index (χ4v) is 3.07. The van der Waals surface area contributed by atoms with Crippen molar-refractivity contribution >= 4 is 23.4 Å². The molecule has 1 fully saturated rings. The molecule has 152 valence electrons. The van der Waals surface area contributed by atoms with Crippen molar-refractivity contribution in [1.82, 2.24) is 4.90 Å². The van der Waals surface area contributed by atoms with E-state index in [0.717, 1.165) is 5.56 Å². The lowest BCUT2D eigenvalue weighted by atomic mass is 9.87. The van der Waals surface area contributed by atoms with Crippen LogP contribution in [0.1, 0.15) is 44.7 Å². The molecule has 1 N–H and O–H groups in total. The van der Waals surface area contributed by atoms with Crippen molar-refractivity contribution in [2.24, 2.45) is 0 Å². The average molecular weight is 394 g/mol. The Kier molecular flexibility index (Phi) is 6.01. The van der Waals surface area contributed by atoms with Crippen LogP contribution in [-0.2, 0) is 26.3 Å². The molecule has 6 heteroatoms. The zero-order valence-corrected chi connectivity index (χ0v) is 17.0. The van der Waals surface area contributed by atoms with Crippen LogP contribution in [0.2, 0.25) is 0 Å². The van der Waals surface area contributed by atoms with Crippen molar-refractivity contribution in [2.45, 2.75) is 45.6 Å². The molecule has 6 nitrogen and oxygen atoms in total. The van der Waals surface area contributed by atoms with Gasteiger partial charge in [-0.1, -0.05) is 45.0 Å². The summed E-state index contributed by atoms with van der Waals surface area (Å²) in [5.41, 5.74) is 2.73. The Hall–Kier alpha value is -3.15.